The summed E-state index contributed by atoms with van der Waals surface area (Å²) in [5, 5.41) is 23.6. The molecule has 0 bridgehead atoms. The van der Waals surface area contributed by atoms with Gasteiger partial charge in [0.2, 0.25) is 29.2 Å². The van der Waals surface area contributed by atoms with E-state index in [0.29, 0.717) is 106 Å². The zero-order valence-corrected chi connectivity index (χ0v) is 50.1. The van der Waals surface area contributed by atoms with Gasteiger partial charge in [-0.3, -0.25) is 33.7 Å². The Bertz CT molecular complexity index is 3410. The summed E-state index contributed by atoms with van der Waals surface area (Å²) in [6.07, 6.45) is -1.64. The number of carbonyl (C=O) groups excluding carboxylic acids is 5. The van der Waals surface area contributed by atoms with Gasteiger partial charge in [0.1, 0.15) is 17.7 Å². The van der Waals surface area contributed by atoms with Crippen LogP contribution in [0.1, 0.15) is 115 Å². The molecule has 458 valence electrons. The number of halogens is 3. The van der Waals surface area contributed by atoms with Gasteiger partial charge in [0.15, 0.2) is 0 Å². The van der Waals surface area contributed by atoms with E-state index in [-0.39, 0.29) is 43.0 Å². The first-order chi connectivity index (χ1) is 41.2. The molecule has 3 saturated heterocycles. The molecule has 3 aromatic heterocycles. The predicted octanol–water partition coefficient (Wildman–Crippen LogP) is 8.15. The van der Waals surface area contributed by atoms with E-state index in [0.717, 1.165) is 65.0 Å². The van der Waals surface area contributed by atoms with Crippen LogP contribution in [0, 0.1) is 19.8 Å². The molecule has 9 rings (SSSR count). The van der Waals surface area contributed by atoms with Crippen LogP contribution in [0.25, 0.3) is 21.6 Å². The number of likely N-dealkylation sites (tertiary alicyclic amines) is 1. The first-order valence-corrected chi connectivity index (χ1v) is 30.3. The smallest absolute Gasteiger partial charge is 0.391 e. The molecule has 0 radical (unpaired) electrons. The number of benzene rings is 3. The molecule has 3 aliphatic heterocycles. The Labute approximate surface area is 502 Å². The number of carbonyl (C=O) groups is 5. The highest BCUT2D eigenvalue weighted by molar-refractivity contribution is 7.13. The molecular weight excluding hydrogens is 1130 g/mol. The number of hydrogen-bond acceptors (Lipinski definition) is 14. The van der Waals surface area contributed by atoms with E-state index in [9.17, 15) is 47.0 Å². The average molecular weight is 1200 g/mol. The molecule has 1 unspecified atom stereocenters. The van der Waals surface area contributed by atoms with Crippen LogP contribution in [-0.2, 0) is 31.9 Å². The molecule has 0 spiro atoms. The number of nitrogens with one attached hydrogen (secondary N) is 4. The fourth-order valence-electron chi connectivity index (χ4n) is 11.6. The number of piperazine rings is 2. The third kappa shape index (κ3) is 15.8. The molecule has 23 heteroatoms. The lowest BCUT2D eigenvalue weighted by molar-refractivity contribution is -0.141. The SMILES string of the molecule is Cc1cc([C@H](C(=O)N2C[C@H](O)C[C@H]2C(=O)NC(CC(=O)NCCCCCCC(=O)N2CCN(Cc3cccc(-c4ccc(N5CCN(C)CC5)c(NC(=O)c5c[nH]c(=O)cc5C(F)(F)F)c4)c3)CC2)c2ccc(-c3scnc3C)cc2)C(C)C)on1. The van der Waals surface area contributed by atoms with Crippen molar-refractivity contribution in [1.29, 1.82) is 0 Å². The first-order valence-electron chi connectivity index (χ1n) is 29.5. The lowest BCUT2D eigenvalue weighted by Gasteiger charge is -2.35. The number of anilines is 2. The Balaban J connectivity index is 0.736. The molecule has 3 aliphatic rings. The molecule has 4 atom stereocenters. The maximum Gasteiger partial charge on any atom is 0.417 e. The van der Waals surface area contributed by atoms with Crippen molar-refractivity contribution in [1.82, 2.24) is 45.4 Å². The summed E-state index contributed by atoms with van der Waals surface area (Å²) in [5.74, 6) is -2.47. The first kappa shape index (κ1) is 62.8. The molecule has 86 heavy (non-hydrogen) atoms. The summed E-state index contributed by atoms with van der Waals surface area (Å²) in [4.78, 5) is 98.2. The van der Waals surface area contributed by atoms with Gasteiger partial charge in [-0.05, 0) is 85.7 Å². The third-order valence-electron chi connectivity index (χ3n) is 16.4. The van der Waals surface area contributed by atoms with Crippen molar-refractivity contribution in [3.8, 4) is 21.6 Å². The molecule has 6 heterocycles. The van der Waals surface area contributed by atoms with Crippen LogP contribution in [0.15, 0.2) is 99.9 Å². The van der Waals surface area contributed by atoms with Crippen LogP contribution in [0.5, 0.6) is 0 Å². The van der Waals surface area contributed by atoms with Crippen molar-refractivity contribution in [3.05, 3.63) is 140 Å². The number of aromatic amines is 1. The number of β-amino-alcohol motifs (C(OH)–C–C–N with tert-alkyl or cyclic N) is 1. The number of alkyl halides is 3. The second-order valence-corrected chi connectivity index (χ2v) is 24.0. The zero-order valence-electron chi connectivity index (χ0n) is 49.3. The highest BCUT2D eigenvalue weighted by Crippen LogP contribution is 2.37. The van der Waals surface area contributed by atoms with E-state index >= 15 is 0 Å². The molecule has 19 nitrogen and oxygen atoms in total. The summed E-state index contributed by atoms with van der Waals surface area (Å²) in [5.41, 5.74) is 5.67. The number of aliphatic hydroxyl groups is 1. The molecular formula is C63H76F3N11O8S. The van der Waals surface area contributed by atoms with Crippen molar-refractivity contribution < 1.29 is 46.8 Å². The normalized spacial score (nSPS) is 17.6. The quantitative estimate of drug-likeness (QED) is 0.0405. The van der Waals surface area contributed by atoms with E-state index in [1.165, 1.54) is 16.2 Å². The van der Waals surface area contributed by atoms with E-state index in [1.54, 1.807) is 24.6 Å². The number of thiazole rings is 1. The Kier molecular flexibility index (Phi) is 20.6. The molecule has 0 aliphatic carbocycles. The number of aromatic nitrogens is 3. The Morgan fingerprint density at radius 2 is 1.58 bits per heavy atom. The summed E-state index contributed by atoms with van der Waals surface area (Å²) in [6.45, 7) is 13.9. The van der Waals surface area contributed by atoms with Crippen LogP contribution in [0.4, 0.5) is 24.5 Å². The van der Waals surface area contributed by atoms with Crippen LogP contribution in [0.3, 0.4) is 0 Å². The summed E-state index contributed by atoms with van der Waals surface area (Å²) in [7, 11) is 2.01. The molecule has 5 amide bonds. The molecule has 3 aromatic carbocycles. The molecule has 5 N–H and O–H groups in total. The number of aryl methyl sites for hydroxylation is 2. The minimum atomic E-state index is -4.92. The Morgan fingerprint density at radius 1 is 0.860 bits per heavy atom. The standard InChI is InChI=1S/C63H76F3N11O8S/c1-39(2)58(54-29-40(3)72-85-54)62(84)77-37-47(78)32-53(77)61(83)70-50(43-14-16-44(17-15-43)59-41(4)69-38-86-59)34-56(80)67-20-9-7-6-8-13-57(81)76-27-23-74(24-28-76)36-42-11-10-12-45(30-42)46-18-19-52(75-25-21-73(5)22-26-75)51(31-46)71-60(82)48-35-68-55(79)33-49(48)63(64,65)66/h10-12,14-19,29-31,33,35,38-39,47,50,53,58,78H,6-9,13,20-28,32,34,36-37H2,1-5H3,(H,67,80)(H,68,79)(H,70,83)(H,71,82)/t47-,50?,53+,58-/m1/s1. The lowest BCUT2D eigenvalue weighted by Crippen LogP contribution is -2.49. The summed E-state index contributed by atoms with van der Waals surface area (Å²) < 4.78 is 47.5. The van der Waals surface area contributed by atoms with Gasteiger partial charge in [-0.25, -0.2) is 4.98 Å². The number of likely N-dealkylation sites (N-methyl/N-ethyl adjacent to an activating group) is 1. The Hall–Kier alpha value is -7.73. The van der Waals surface area contributed by atoms with E-state index < -0.39 is 58.8 Å². The lowest BCUT2D eigenvalue weighted by atomic mass is 9.91. The van der Waals surface area contributed by atoms with Gasteiger partial charge in [0.05, 0.1) is 62.8 Å². The minimum Gasteiger partial charge on any atom is -0.391 e. The van der Waals surface area contributed by atoms with Crippen molar-refractivity contribution >= 4 is 52.2 Å². The number of H-pyrrole nitrogens is 1. The fraction of sp³-hybridized carbons (Fsp3) is 0.460. The second-order valence-electron chi connectivity index (χ2n) is 23.1. The minimum absolute atomic E-state index is 0.0208. The largest absolute Gasteiger partial charge is 0.417 e. The average Bonchev–Trinajstić information content (AvgIpc) is 4.29. The number of rotatable bonds is 22. The number of unbranched alkanes of at least 4 members (excludes halogenated alkanes) is 3. The van der Waals surface area contributed by atoms with Gasteiger partial charge >= 0.3 is 6.18 Å². The van der Waals surface area contributed by atoms with E-state index in [2.05, 4.69) is 51.8 Å². The van der Waals surface area contributed by atoms with Crippen LogP contribution < -0.4 is 26.4 Å². The van der Waals surface area contributed by atoms with E-state index in [1.807, 2.05) is 87.3 Å². The topological polar surface area (TPSA) is 230 Å². The number of amides is 5. The van der Waals surface area contributed by atoms with Gasteiger partial charge in [-0.15, -0.1) is 11.3 Å². The summed E-state index contributed by atoms with van der Waals surface area (Å²) in [6, 6.07) is 21.6. The van der Waals surface area contributed by atoms with Crippen LogP contribution in [0.2, 0.25) is 0 Å². The van der Waals surface area contributed by atoms with Crippen molar-refractivity contribution in [2.24, 2.45) is 5.92 Å². The van der Waals surface area contributed by atoms with Crippen LogP contribution in [-0.4, -0.2) is 154 Å². The number of nitrogens with zero attached hydrogens (tertiary/aromatic N) is 7. The van der Waals surface area contributed by atoms with Gasteiger partial charge in [-0.1, -0.05) is 80.4 Å². The van der Waals surface area contributed by atoms with Crippen LogP contribution >= 0.6 is 11.3 Å². The van der Waals surface area contributed by atoms with E-state index in [4.69, 9.17) is 4.52 Å². The molecule has 0 saturated carbocycles. The maximum atomic E-state index is 14.2. The fourth-order valence-corrected chi connectivity index (χ4v) is 12.4. The zero-order chi connectivity index (χ0) is 61.2. The second kappa shape index (κ2) is 28.2. The van der Waals surface area contributed by atoms with Crippen molar-refractivity contribution in [2.45, 2.75) is 109 Å². The molecule has 6 aromatic rings. The summed E-state index contributed by atoms with van der Waals surface area (Å²) >= 11 is 1.52. The molecule has 3 fully saturated rings. The monoisotopic (exact) mass is 1200 g/mol. The maximum absolute atomic E-state index is 14.2. The van der Waals surface area contributed by atoms with Gasteiger partial charge in [-0.2, -0.15) is 13.2 Å². The van der Waals surface area contributed by atoms with Crippen molar-refractivity contribution in [3.63, 3.8) is 0 Å². The number of pyridine rings is 1. The Morgan fingerprint density at radius 3 is 2.27 bits per heavy atom. The van der Waals surface area contributed by atoms with Gasteiger partial charge in [0.25, 0.3) is 5.91 Å². The van der Waals surface area contributed by atoms with Gasteiger partial charge < -0.3 is 50.2 Å². The third-order valence-corrected chi connectivity index (χ3v) is 17.3. The number of aliphatic hydroxyl groups excluding tert-OH is 1. The predicted molar refractivity (Wildman–Crippen MR) is 322 cm³/mol. The highest BCUT2D eigenvalue weighted by atomic mass is 32.1. The van der Waals surface area contributed by atoms with Crippen molar-refractivity contribution in [2.75, 3.05) is 82.7 Å². The number of hydrogen-bond donors (Lipinski definition) is 5. The highest BCUT2D eigenvalue weighted by Gasteiger charge is 2.44. The van der Waals surface area contributed by atoms with Gasteiger partial charge in [0, 0.05) is 103 Å².